The van der Waals surface area contributed by atoms with Crippen molar-refractivity contribution in [3.8, 4) is 11.1 Å². The summed E-state index contributed by atoms with van der Waals surface area (Å²) in [6.45, 7) is 4.31. The maximum atomic E-state index is 13.4. The Labute approximate surface area is 164 Å². The summed E-state index contributed by atoms with van der Waals surface area (Å²) in [6.07, 6.45) is -0.368. The Hall–Kier alpha value is -3.17. The first-order valence-electron chi connectivity index (χ1n) is 9.42. The number of rotatable bonds is 5. The minimum absolute atomic E-state index is 0.0179. The van der Waals surface area contributed by atoms with Gasteiger partial charge in [0, 0.05) is 0 Å². The molecule has 3 aromatic carbocycles. The Morgan fingerprint density at radius 2 is 1.57 bits per heavy atom. The van der Waals surface area contributed by atoms with Crippen molar-refractivity contribution in [1.29, 1.82) is 0 Å². The molecule has 28 heavy (non-hydrogen) atoms. The maximum absolute atomic E-state index is 13.4. The van der Waals surface area contributed by atoms with Crippen LogP contribution >= 0.6 is 0 Å². The summed E-state index contributed by atoms with van der Waals surface area (Å²) < 4.78 is 12.3. The van der Waals surface area contributed by atoms with E-state index in [-0.39, 0.29) is 11.5 Å². The van der Waals surface area contributed by atoms with Gasteiger partial charge in [-0.05, 0) is 36.6 Å². The fourth-order valence-corrected chi connectivity index (χ4v) is 3.46. The highest BCUT2D eigenvalue weighted by Crippen LogP contribution is 2.31. The largest absolute Gasteiger partial charge is 0.457 e. The highest BCUT2D eigenvalue weighted by molar-refractivity contribution is 5.85. The van der Waals surface area contributed by atoms with Crippen LogP contribution in [0.5, 0.6) is 0 Å². The van der Waals surface area contributed by atoms with Gasteiger partial charge in [0.2, 0.25) is 5.43 Å². The third kappa shape index (κ3) is 3.49. The molecule has 4 rings (SSSR count). The lowest BCUT2D eigenvalue weighted by Gasteiger charge is -2.17. The Morgan fingerprint density at radius 1 is 0.893 bits per heavy atom. The van der Waals surface area contributed by atoms with Crippen molar-refractivity contribution < 1.29 is 9.15 Å². The van der Waals surface area contributed by atoms with Crippen LogP contribution in [0.15, 0.2) is 88.1 Å². The van der Waals surface area contributed by atoms with Gasteiger partial charge in [-0.2, -0.15) is 0 Å². The van der Waals surface area contributed by atoms with E-state index < -0.39 is 0 Å². The smallest absolute Gasteiger partial charge is 0.201 e. The first-order chi connectivity index (χ1) is 13.6. The average molecular weight is 370 g/mol. The Kier molecular flexibility index (Phi) is 5.09. The Morgan fingerprint density at radius 3 is 2.29 bits per heavy atom. The summed E-state index contributed by atoms with van der Waals surface area (Å²) in [6, 6.07) is 25.3. The molecule has 0 saturated heterocycles. The predicted molar refractivity (Wildman–Crippen MR) is 112 cm³/mol. The molecule has 0 aliphatic carbocycles. The van der Waals surface area contributed by atoms with E-state index in [0.29, 0.717) is 28.9 Å². The lowest BCUT2D eigenvalue weighted by Crippen LogP contribution is -2.13. The second-order valence-electron chi connectivity index (χ2n) is 6.92. The molecule has 0 amide bonds. The van der Waals surface area contributed by atoms with E-state index in [1.807, 2.05) is 92.7 Å². The average Bonchev–Trinajstić information content (AvgIpc) is 2.73. The van der Waals surface area contributed by atoms with Gasteiger partial charge >= 0.3 is 0 Å². The number of fused-ring (bicyclic) bond motifs is 1. The second-order valence-corrected chi connectivity index (χ2v) is 6.92. The normalized spacial score (nSPS) is 12.2. The highest BCUT2D eigenvalue weighted by atomic mass is 16.5. The molecule has 3 nitrogen and oxygen atoms in total. The Balaban J connectivity index is 1.83. The molecule has 0 fully saturated rings. The van der Waals surface area contributed by atoms with Crippen molar-refractivity contribution in [3.05, 3.63) is 106 Å². The molecular formula is C25H22O3. The highest BCUT2D eigenvalue weighted by Gasteiger charge is 2.22. The molecule has 0 saturated carbocycles. The van der Waals surface area contributed by atoms with Crippen LogP contribution in [0.25, 0.3) is 22.1 Å². The van der Waals surface area contributed by atoms with E-state index in [2.05, 4.69) is 0 Å². The van der Waals surface area contributed by atoms with Gasteiger partial charge in [-0.3, -0.25) is 4.79 Å². The van der Waals surface area contributed by atoms with Crippen molar-refractivity contribution in [2.45, 2.75) is 26.6 Å². The van der Waals surface area contributed by atoms with Crippen LogP contribution in [0.2, 0.25) is 0 Å². The molecule has 0 N–H and O–H groups in total. The first kappa shape index (κ1) is 18.2. The van der Waals surface area contributed by atoms with Crippen molar-refractivity contribution >= 4 is 11.0 Å². The molecule has 0 aliphatic rings. The number of hydrogen-bond donors (Lipinski definition) is 0. The fraction of sp³-hybridized carbons (Fsp3) is 0.160. The fourth-order valence-electron chi connectivity index (χ4n) is 3.46. The summed E-state index contributed by atoms with van der Waals surface area (Å²) in [5, 5.41) is 0.625. The van der Waals surface area contributed by atoms with Gasteiger partial charge in [0.05, 0.1) is 17.6 Å². The van der Waals surface area contributed by atoms with E-state index >= 15 is 0 Å². The summed E-state index contributed by atoms with van der Waals surface area (Å²) in [4.78, 5) is 13.4. The zero-order chi connectivity index (χ0) is 19.5. The minimum Gasteiger partial charge on any atom is -0.457 e. The van der Waals surface area contributed by atoms with Crippen LogP contribution in [0.4, 0.5) is 0 Å². The van der Waals surface area contributed by atoms with Gasteiger partial charge < -0.3 is 9.15 Å². The van der Waals surface area contributed by atoms with Gasteiger partial charge in [-0.25, -0.2) is 0 Å². The first-order valence-corrected chi connectivity index (χ1v) is 9.42. The topological polar surface area (TPSA) is 39.4 Å². The van der Waals surface area contributed by atoms with Crippen LogP contribution in [0, 0.1) is 6.92 Å². The summed E-state index contributed by atoms with van der Waals surface area (Å²) in [7, 11) is 0. The number of ether oxygens (including phenoxy) is 1. The third-order valence-corrected chi connectivity index (χ3v) is 4.93. The monoisotopic (exact) mass is 370 g/mol. The van der Waals surface area contributed by atoms with Gasteiger partial charge in [0.25, 0.3) is 0 Å². The Bertz CT molecular complexity index is 1140. The van der Waals surface area contributed by atoms with Crippen molar-refractivity contribution in [1.82, 2.24) is 0 Å². The van der Waals surface area contributed by atoms with Crippen LogP contribution in [0.3, 0.4) is 0 Å². The predicted octanol–water partition coefficient (Wildman–Crippen LogP) is 6.05. The SMILES string of the molecule is Cc1cccc2oc(C(C)OCc3ccccc3)c(-c3ccccc3)c(=O)c12. The minimum atomic E-state index is -0.368. The molecule has 1 aromatic heterocycles. The van der Waals surface area contributed by atoms with Crippen LogP contribution in [-0.4, -0.2) is 0 Å². The summed E-state index contributed by atoms with van der Waals surface area (Å²) >= 11 is 0. The molecule has 4 aromatic rings. The number of aryl methyl sites for hydroxylation is 1. The molecule has 1 unspecified atom stereocenters. The van der Waals surface area contributed by atoms with E-state index in [1.165, 1.54) is 0 Å². The van der Waals surface area contributed by atoms with E-state index in [1.54, 1.807) is 0 Å². The van der Waals surface area contributed by atoms with Crippen molar-refractivity contribution in [3.63, 3.8) is 0 Å². The quantitative estimate of drug-likeness (QED) is 0.429. The van der Waals surface area contributed by atoms with Crippen LogP contribution in [-0.2, 0) is 11.3 Å². The second kappa shape index (κ2) is 7.83. The molecule has 0 radical (unpaired) electrons. The van der Waals surface area contributed by atoms with Gasteiger partial charge in [0.1, 0.15) is 17.4 Å². The molecule has 0 spiro atoms. The summed E-state index contributed by atoms with van der Waals surface area (Å²) in [5.41, 5.74) is 3.97. The third-order valence-electron chi connectivity index (χ3n) is 4.93. The van der Waals surface area contributed by atoms with Crippen LogP contribution < -0.4 is 5.43 Å². The number of benzene rings is 3. The molecule has 0 aliphatic heterocycles. The van der Waals surface area contributed by atoms with E-state index in [9.17, 15) is 4.79 Å². The molecule has 0 bridgehead atoms. The van der Waals surface area contributed by atoms with Gasteiger partial charge in [-0.1, -0.05) is 72.8 Å². The molecular weight excluding hydrogens is 348 g/mol. The van der Waals surface area contributed by atoms with Crippen LogP contribution in [0.1, 0.15) is 29.9 Å². The van der Waals surface area contributed by atoms with Gasteiger partial charge in [0.15, 0.2) is 0 Å². The zero-order valence-electron chi connectivity index (χ0n) is 16.0. The van der Waals surface area contributed by atoms with Crippen molar-refractivity contribution in [2.75, 3.05) is 0 Å². The summed E-state index contributed by atoms with van der Waals surface area (Å²) in [5.74, 6) is 0.560. The lowest BCUT2D eigenvalue weighted by molar-refractivity contribution is 0.0389. The maximum Gasteiger partial charge on any atom is 0.201 e. The lowest BCUT2D eigenvalue weighted by atomic mass is 9.98. The molecule has 1 heterocycles. The molecule has 1 atom stereocenters. The number of hydrogen-bond acceptors (Lipinski definition) is 3. The van der Waals surface area contributed by atoms with Crippen molar-refractivity contribution in [2.24, 2.45) is 0 Å². The van der Waals surface area contributed by atoms with E-state index in [4.69, 9.17) is 9.15 Å². The van der Waals surface area contributed by atoms with E-state index in [0.717, 1.165) is 16.7 Å². The zero-order valence-corrected chi connectivity index (χ0v) is 16.0. The van der Waals surface area contributed by atoms with Gasteiger partial charge in [-0.15, -0.1) is 0 Å². The molecule has 3 heteroatoms. The molecule has 140 valence electrons. The standard InChI is InChI=1S/C25H22O3/c1-17-10-9-15-21-22(17)24(26)23(20-13-7-4-8-14-20)25(28-21)18(2)27-16-19-11-5-3-6-12-19/h3-15,18H,16H2,1-2H3.